The number of benzene rings is 1. The van der Waals surface area contributed by atoms with Crippen LogP contribution < -0.4 is 5.73 Å². The average molecular weight is 321 g/mol. The predicted octanol–water partition coefficient (Wildman–Crippen LogP) is 3.81. The van der Waals surface area contributed by atoms with Gasteiger partial charge in [0.15, 0.2) is 0 Å². The van der Waals surface area contributed by atoms with E-state index in [9.17, 15) is 0 Å². The van der Waals surface area contributed by atoms with E-state index in [-0.39, 0.29) is 0 Å². The zero-order valence-corrected chi connectivity index (χ0v) is 10.8. The third-order valence-corrected chi connectivity index (χ3v) is 4.93. The number of rotatable bonds is 1. The maximum absolute atomic E-state index is 5.89. The van der Waals surface area contributed by atoms with Crippen LogP contribution in [-0.4, -0.2) is 6.26 Å². The van der Waals surface area contributed by atoms with Crippen molar-refractivity contribution in [2.75, 3.05) is 12.0 Å². The van der Waals surface area contributed by atoms with Crippen LogP contribution in [0.1, 0.15) is 0 Å². The summed E-state index contributed by atoms with van der Waals surface area (Å²) in [4.78, 5) is 1.17. The molecular weight excluding hydrogens is 313 g/mol. The van der Waals surface area contributed by atoms with Crippen LogP contribution in [0.4, 0.5) is 5.69 Å². The van der Waals surface area contributed by atoms with Crippen molar-refractivity contribution in [3.8, 4) is 0 Å². The molecule has 0 aliphatic heterocycles. The summed E-state index contributed by atoms with van der Waals surface area (Å²) in [5.41, 5.74) is 6.78. The van der Waals surface area contributed by atoms with Crippen LogP contribution >= 0.6 is 45.7 Å². The highest BCUT2D eigenvalue weighted by molar-refractivity contribution is 14.1. The van der Waals surface area contributed by atoms with Crippen molar-refractivity contribution in [2.45, 2.75) is 4.90 Å². The summed E-state index contributed by atoms with van der Waals surface area (Å²) in [7, 11) is 0. The molecular formula is C9H8INS2. The monoisotopic (exact) mass is 321 g/mol. The Hall–Kier alpha value is 0.0600. The standard InChI is InChI=1S/C9H8INS2/c1-12-9-2-5-6(10)4-13-8(5)3-7(9)11/h2-4H,11H2,1H3. The van der Waals surface area contributed by atoms with Gasteiger partial charge < -0.3 is 5.73 Å². The van der Waals surface area contributed by atoms with E-state index < -0.39 is 0 Å². The second-order valence-corrected chi connectivity index (χ2v) is 5.60. The SMILES string of the molecule is CSc1cc2c(I)csc2cc1N. The molecule has 2 aromatic rings. The lowest BCUT2D eigenvalue weighted by Gasteiger charge is -2.01. The molecule has 1 nitrogen and oxygen atoms in total. The van der Waals surface area contributed by atoms with E-state index >= 15 is 0 Å². The Morgan fingerprint density at radius 3 is 2.92 bits per heavy atom. The summed E-state index contributed by atoms with van der Waals surface area (Å²) in [5, 5.41) is 3.48. The fourth-order valence-corrected chi connectivity index (χ4v) is 3.60. The lowest BCUT2D eigenvalue weighted by molar-refractivity contribution is 1.52. The number of fused-ring (bicyclic) bond motifs is 1. The number of nitrogens with two attached hydrogens (primary N) is 1. The smallest absolute Gasteiger partial charge is 0.0466 e. The number of halogens is 1. The number of nitrogen functional groups attached to an aromatic ring is 1. The largest absolute Gasteiger partial charge is 0.398 e. The summed E-state index contributed by atoms with van der Waals surface area (Å²) < 4.78 is 2.59. The molecule has 0 aliphatic carbocycles. The van der Waals surface area contributed by atoms with Gasteiger partial charge in [0.25, 0.3) is 0 Å². The molecule has 2 rings (SSSR count). The van der Waals surface area contributed by atoms with Gasteiger partial charge in [0.2, 0.25) is 0 Å². The van der Waals surface area contributed by atoms with Gasteiger partial charge in [-0.15, -0.1) is 23.1 Å². The zero-order valence-electron chi connectivity index (χ0n) is 7.00. The van der Waals surface area contributed by atoms with Gasteiger partial charge in [0, 0.05) is 29.6 Å². The van der Waals surface area contributed by atoms with Crippen LogP contribution in [-0.2, 0) is 0 Å². The summed E-state index contributed by atoms with van der Waals surface area (Å²) in [5.74, 6) is 0. The Kier molecular flexibility index (Phi) is 2.71. The van der Waals surface area contributed by atoms with E-state index in [1.54, 1.807) is 23.1 Å². The highest BCUT2D eigenvalue weighted by Gasteiger charge is 2.05. The normalized spacial score (nSPS) is 10.9. The molecule has 0 saturated heterocycles. The highest BCUT2D eigenvalue weighted by Crippen LogP contribution is 2.34. The number of thioether (sulfide) groups is 1. The van der Waals surface area contributed by atoms with E-state index in [1.807, 2.05) is 0 Å². The molecule has 0 unspecified atom stereocenters. The van der Waals surface area contributed by atoms with Gasteiger partial charge in [-0.1, -0.05) is 0 Å². The van der Waals surface area contributed by atoms with Crippen LogP contribution in [0.5, 0.6) is 0 Å². The van der Waals surface area contributed by atoms with E-state index in [0.29, 0.717) is 0 Å². The fraction of sp³-hybridized carbons (Fsp3) is 0.111. The molecule has 0 aliphatic rings. The molecule has 0 fully saturated rings. The second-order valence-electron chi connectivity index (χ2n) is 2.67. The molecule has 0 saturated carbocycles. The van der Waals surface area contributed by atoms with Crippen molar-refractivity contribution in [2.24, 2.45) is 0 Å². The van der Waals surface area contributed by atoms with Crippen molar-refractivity contribution in [1.82, 2.24) is 0 Å². The number of hydrogen-bond donors (Lipinski definition) is 1. The molecule has 1 aromatic heterocycles. The second kappa shape index (κ2) is 3.67. The third kappa shape index (κ3) is 1.67. The van der Waals surface area contributed by atoms with Gasteiger partial charge in [-0.3, -0.25) is 0 Å². The molecule has 1 heterocycles. The minimum atomic E-state index is 0.887. The third-order valence-electron chi connectivity index (χ3n) is 1.88. The molecule has 13 heavy (non-hydrogen) atoms. The Labute approximate surface area is 98.8 Å². The van der Waals surface area contributed by atoms with Crippen molar-refractivity contribution < 1.29 is 0 Å². The molecule has 0 radical (unpaired) electrons. The lowest BCUT2D eigenvalue weighted by atomic mass is 10.2. The van der Waals surface area contributed by atoms with Crippen molar-refractivity contribution in [3.05, 3.63) is 21.1 Å². The summed E-state index contributed by atoms with van der Waals surface area (Å²) >= 11 is 5.81. The minimum Gasteiger partial charge on any atom is -0.398 e. The summed E-state index contributed by atoms with van der Waals surface area (Å²) in [6.07, 6.45) is 2.05. The van der Waals surface area contributed by atoms with Crippen molar-refractivity contribution in [3.63, 3.8) is 0 Å². The molecule has 68 valence electrons. The van der Waals surface area contributed by atoms with E-state index in [4.69, 9.17) is 5.73 Å². The molecule has 0 bridgehead atoms. The Balaban J connectivity index is 2.77. The van der Waals surface area contributed by atoms with Gasteiger partial charge >= 0.3 is 0 Å². The van der Waals surface area contributed by atoms with Gasteiger partial charge in [-0.05, 0) is 41.0 Å². The molecule has 0 spiro atoms. The summed E-state index contributed by atoms with van der Waals surface area (Å²) in [6.45, 7) is 0. The van der Waals surface area contributed by atoms with Gasteiger partial charge in [0.05, 0.1) is 0 Å². The quantitative estimate of drug-likeness (QED) is 0.491. The lowest BCUT2D eigenvalue weighted by Crippen LogP contribution is -1.87. The van der Waals surface area contributed by atoms with E-state index in [1.165, 1.54) is 18.6 Å². The molecule has 1 aromatic carbocycles. The summed E-state index contributed by atoms with van der Waals surface area (Å²) in [6, 6.07) is 4.24. The van der Waals surface area contributed by atoms with E-state index in [2.05, 4.69) is 46.4 Å². The van der Waals surface area contributed by atoms with Gasteiger partial charge in [-0.2, -0.15) is 0 Å². The fourth-order valence-electron chi connectivity index (χ4n) is 1.22. The average Bonchev–Trinajstić information content (AvgIpc) is 2.46. The van der Waals surface area contributed by atoms with E-state index in [0.717, 1.165) is 5.69 Å². The van der Waals surface area contributed by atoms with Crippen molar-refractivity contribution >= 4 is 61.5 Å². The zero-order chi connectivity index (χ0) is 9.42. The predicted molar refractivity (Wildman–Crippen MR) is 70.7 cm³/mol. The van der Waals surface area contributed by atoms with Crippen LogP contribution in [0, 0.1) is 3.57 Å². The first-order valence-corrected chi connectivity index (χ1v) is 6.91. The highest BCUT2D eigenvalue weighted by atomic mass is 127. The molecule has 2 N–H and O–H groups in total. The molecule has 0 amide bonds. The Bertz CT molecular complexity index is 450. The Morgan fingerprint density at radius 2 is 2.23 bits per heavy atom. The van der Waals surface area contributed by atoms with Gasteiger partial charge in [-0.25, -0.2) is 0 Å². The van der Waals surface area contributed by atoms with Crippen LogP contribution in [0.3, 0.4) is 0 Å². The van der Waals surface area contributed by atoms with Crippen LogP contribution in [0.15, 0.2) is 22.4 Å². The first-order chi connectivity index (χ1) is 6.22. The number of thiophene rings is 1. The number of hydrogen-bond acceptors (Lipinski definition) is 3. The maximum atomic E-state index is 5.89. The first-order valence-electron chi connectivity index (χ1n) is 3.72. The van der Waals surface area contributed by atoms with Crippen LogP contribution in [0.2, 0.25) is 0 Å². The first kappa shape index (κ1) is 9.61. The molecule has 0 atom stereocenters. The number of anilines is 1. The Morgan fingerprint density at radius 1 is 1.46 bits per heavy atom. The minimum absolute atomic E-state index is 0.887. The van der Waals surface area contributed by atoms with Crippen LogP contribution in [0.25, 0.3) is 10.1 Å². The molecule has 4 heteroatoms. The maximum Gasteiger partial charge on any atom is 0.0466 e. The van der Waals surface area contributed by atoms with Crippen molar-refractivity contribution in [1.29, 1.82) is 0 Å². The topological polar surface area (TPSA) is 26.0 Å². The van der Waals surface area contributed by atoms with Gasteiger partial charge in [0.1, 0.15) is 0 Å².